The van der Waals surface area contributed by atoms with Crippen LogP contribution >= 0.6 is 11.6 Å². The molecule has 1 saturated heterocycles. The Kier molecular flexibility index (Phi) is 4.45. The van der Waals surface area contributed by atoms with Crippen LogP contribution in [0, 0.1) is 0 Å². The summed E-state index contributed by atoms with van der Waals surface area (Å²) >= 11 is 6.03. The van der Waals surface area contributed by atoms with Crippen LogP contribution in [0.3, 0.4) is 0 Å². The van der Waals surface area contributed by atoms with Crippen molar-refractivity contribution in [2.24, 2.45) is 0 Å². The lowest BCUT2D eigenvalue weighted by Gasteiger charge is -2.35. The second-order valence-electron chi connectivity index (χ2n) is 6.58. The summed E-state index contributed by atoms with van der Waals surface area (Å²) in [6, 6.07) is 16.0. The zero-order chi connectivity index (χ0) is 17.2. The molecule has 0 radical (unpaired) electrons. The first-order valence-corrected chi connectivity index (χ1v) is 9.08. The number of amides is 1. The highest BCUT2D eigenvalue weighted by molar-refractivity contribution is 6.30. The maximum absolute atomic E-state index is 13.1. The average Bonchev–Trinajstić information content (AvgIpc) is 3.05. The Labute approximate surface area is 152 Å². The molecular weight excluding hydrogens is 334 g/mol. The van der Waals surface area contributed by atoms with Gasteiger partial charge in [-0.3, -0.25) is 4.79 Å². The van der Waals surface area contributed by atoms with Crippen LogP contribution in [0.2, 0.25) is 5.02 Å². The lowest BCUT2D eigenvalue weighted by atomic mass is 9.95. The molecule has 128 valence electrons. The van der Waals surface area contributed by atoms with Crippen molar-refractivity contribution >= 4 is 23.0 Å². The van der Waals surface area contributed by atoms with Gasteiger partial charge in [0.15, 0.2) is 5.69 Å². The van der Waals surface area contributed by atoms with Gasteiger partial charge in [0.25, 0.3) is 5.91 Å². The van der Waals surface area contributed by atoms with Gasteiger partial charge >= 0.3 is 0 Å². The van der Waals surface area contributed by atoms with Crippen LogP contribution in [0.4, 0.5) is 0 Å². The Balaban J connectivity index is 1.59. The summed E-state index contributed by atoms with van der Waals surface area (Å²) in [6.07, 6.45) is 5.94. The third-order valence-corrected chi connectivity index (χ3v) is 5.08. The van der Waals surface area contributed by atoms with E-state index in [2.05, 4.69) is 29.4 Å². The first kappa shape index (κ1) is 16.2. The predicted molar refractivity (Wildman–Crippen MR) is 99.0 cm³/mol. The number of hydrogen-bond acceptors (Lipinski definition) is 2. The maximum Gasteiger partial charge on any atom is 0.274 e. The molecule has 1 atom stereocenters. The first-order chi connectivity index (χ1) is 12.2. The van der Waals surface area contributed by atoms with Crippen molar-refractivity contribution in [3.05, 3.63) is 71.0 Å². The highest BCUT2D eigenvalue weighted by atomic mass is 35.5. The highest BCUT2D eigenvalue weighted by Crippen LogP contribution is 2.23. The van der Waals surface area contributed by atoms with E-state index in [4.69, 9.17) is 11.6 Å². The average molecular weight is 354 g/mol. The van der Waals surface area contributed by atoms with Crippen molar-refractivity contribution in [2.75, 3.05) is 6.54 Å². The molecule has 0 spiro atoms. The fourth-order valence-electron chi connectivity index (χ4n) is 3.59. The molecule has 5 heteroatoms. The summed E-state index contributed by atoms with van der Waals surface area (Å²) in [5, 5.41) is 5.08. The monoisotopic (exact) mass is 353 g/mol. The highest BCUT2D eigenvalue weighted by Gasteiger charge is 2.29. The van der Waals surface area contributed by atoms with E-state index in [0.29, 0.717) is 10.7 Å². The van der Waals surface area contributed by atoms with E-state index in [0.717, 1.165) is 31.3 Å². The predicted octanol–water partition coefficient (Wildman–Crippen LogP) is 4.23. The molecule has 1 aliphatic rings. The molecule has 0 saturated carbocycles. The smallest absolute Gasteiger partial charge is 0.274 e. The number of nitrogens with zero attached hydrogens (tertiary/aromatic N) is 3. The van der Waals surface area contributed by atoms with Gasteiger partial charge in [-0.2, -0.15) is 5.10 Å². The van der Waals surface area contributed by atoms with Crippen LogP contribution in [-0.2, 0) is 6.42 Å². The molecule has 25 heavy (non-hydrogen) atoms. The molecule has 1 aromatic carbocycles. The molecule has 4 rings (SSSR count). The van der Waals surface area contributed by atoms with E-state index in [-0.39, 0.29) is 11.9 Å². The lowest BCUT2D eigenvalue weighted by molar-refractivity contribution is 0.0607. The van der Waals surface area contributed by atoms with Crippen LogP contribution in [0.5, 0.6) is 0 Å². The fraction of sp³-hybridized carbons (Fsp3) is 0.300. The summed E-state index contributed by atoms with van der Waals surface area (Å²) in [5.74, 6) is 0.0143. The number of carbonyl (C=O) groups is 1. The molecule has 1 unspecified atom stereocenters. The van der Waals surface area contributed by atoms with E-state index in [1.165, 1.54) is 12.0 Å². The number of hydrogen-bond donors (Lipinski definition) is 0. The number of likely N-dealkylation sites (tertiary alicyclic amines) is 1. The van der Waals surface area contributed by atoms with Crippen molar-refractivity contribution in [2.45, 2.75) is 31.7 Å². The summed E-state index contributed by atoms with van der Waals surface area (Å²) in [6.45, 7) is 0.797. The van der Waals surface area contributed by atoms with Crippen LogP contribution < -0.4 is 0 Å². The van der Waals surface area contributed by atoms with Gasteiger partial charge in [-0.15, -0.1) is 0 Å². The molecule has 3 aromatic rings. The number of carbonyl (C=O) groups excluding carboxylic acids is 1. The van der Waals surface area contributed by atoms with Gasteiger partial charge in [-0.1, -0.05) is 41.9 Å². The molecule has 0 N–H and O–H groups in total. The molecule has 4 nitrogen and oxygen atoms in total. The van der Waals surface area contributed by atoms with Crippen LogP contribution in [0.25, 0.3) is 5.52 Å². The van der Waals surface area contributed by atoms with Crippen molar-refractivity contribution in [3.8, 4) is 0 Å². The number of fused-ring (bicyclic) bond motifs is 1. The molecule has 3 heterocycles. The topological polar surface area (TPSA) is 37.6 Å². The van der Waals surface area contributed by atoms with Crippen LogP contribution in [0.1, 0.15) is 35.3 Å². The second kappa shape index (κ2) is 6.89. The van der Waals surface area contributed by atoms with Crippen LogP contribution in [-0.4, -0.2) is 33.0 Å². The Morgan fingerprint density at radius 2 is 2.00 bits per heavy atom. The first-order valence-electron chi connectivity index (χ1n) is 8.70. The van der Waals surface area contributed by atoms with Gasteiger partial charge in [0, 0.05) is 23.8 Å². The third-order valence-electron chi connectivity index (χ3n) is 4.85. The zero-order valence-corrected chi connectivity index (χ0v) is 14.7. The Bertz CT molecular complexity index is 890. The molecule has 1 aliphatic heterocycles. The normalized spacial score (nSPS) is 17.8. The van der Waals surface area contributed by atoms with Gasteiger partial charge in [0.2, 0.25) is 0 Å². The van der Waals surface area contributed by atoms with Crippen molar-refractivity contribution in [1.29, 1.82) is 0 Å². The Morgan fingerprint density at radius 1 is 1.16 bits per heavy atom. The lowest BCUT2D eigenvalue weighted by Crippen LogP contribution is -2.45. The molecule has 1 fully saturated rings. The maximum atomic E-state index is 13.1. The van der Waals surface area contributed by atoms with Gasteiger partial charge < -0.3 is 4.90 Å². The molecule has 0 aliphatic carbocycles. The number of halogens is 1. The number of rotatable bonds is 3. The molecular formula is C20H20ClN3O. The Morgan fingerprint density at radius 3 is 2.84 bits per heavy atom. The summed E-state index contributed by atoms with van der Waals surface area (Å²) in [5.41, 5.74) is 2.60. The zero-order valence-electron chi connectivity index (χ0n) is 13.9. The number of pyridine rings is 1. The largest absolute Gasteiger partial charge is 0.334 e. The Hall–Kier alpha value is -2.33. The minimum absolute atomic E-state index is 0.0143. The van der Waals surface area contributed by atoms with Gasteiger partial charge in [0.05, 0.1) is 5.52 Å². The van der Waals surface area contributed by atoms with E-state index in [1.807, 2.05) is 23.1 Å². The van der Waals surface area contributed by atoms with E-state index in [1.54, 1.807) is 16.8 Å². The van der Waals surface area contributed by atoms with Gasteiger partial charge in [-0.05, 0) is 49.4 Å². The standard InChI is InChI=1S/C20H20ClN3O/c21-16-9-11-24-18(13-16)14-19(22-24)20(25)23-10-5-4-8-17(23)12-15-6-2-1-3-7-15/h1-3,6-7,9,11,13-14,17H,4-5,8,10,12H2. The quantitative estimate of drug-likeness (QED) is 0.706. The summed E-state index contributed by atoms with van der Waals surface area (Å²) in [7, 11) is 0. The van der Waals surface area contributed by atoms with Gasteiger partial charge in [-0.25, -0.2) is 4.52 Å². The van der Waals surface area contributed by atoms with Crippen LogP contribution in [0.15, 0.2) is 54.7 Å². The van der Waals surface area contributed by atoms with E-state index >= 15 is 0 Å². The second-order valence-corrected chi connectivity index (χ2v) is 7.02. The van der Waals surface area contributed by atoms with Crippen molar-refractivity contribution < 1.29 is 4.79 Å². The third kappa shape index (κ3) is 3.40. The number of aromatic nitrogens is 2. The molecule has 0 bridgehead atoms. The van der Waals surface area contributed by atoms with Crippen molar-refractivity contribution in [3.63, 3.8) is 0 Å². The van der Waals surface area contributed by atoms with E-state index < -0.39 is 0 Å². The molecule has 2 aromatic heterocycles. The summed E-state index contributed by atoms with van der Waals surface area (Å²) < 4.78 is 1.70. The number of benzene rings is 1. The molecule has 1 amide bonds. The minimum atomic E-state index is 0.0143. The van der Waals surface area contributed by atoms with Crippen molar-refractivity contribution in [1.82, 2.24) is 14.5 Å². The fourth-order valence-corrected chi connectivity index (χ4v) is 3.75. The van der Waals surface area contributed by atoms with E-state index in [9.17, 15) is 4.79 Å². The SMILES string of the molecule is O=C(c1cc2cc(Cl)ccn2n1)N1CCCCC1Cc1ccccc1. The minimum Gasteiger partial charge on any atom is -0.334 e. The summed E-state index contributed by atoms with van der Waals surface area (Å²) in [4.78, 5) is 15.1. The van der Waals surface area contributed by atoms with Gasteiger partial charge in [0.1, 0.15) is 0 Å². The number of piperidine rings is 1.